The third-order valence-electron chi connectivity index (χ3n) is 4.11. The molecule has 0 radical (unpaired) electrons. The maximum absolute atomic E-state index is 12.7. The molecule has 0 saturated carbocycles. The highest BCUT2D eigenvalue weighted by Gasteiger charge is 2.41. The van der Waals surface area contributed by atoms with Gasteiger partial charge in [-0.25, -0.2) is 0 Å². The molecule has 1 amide bonds. The van der Waals surface area contributed by atoms with E-state index in [9.17, 15) is 4.79 Å². The monoisotopic (exact) mass is 297 g/mol. The molecule has 0 aromatic rings. The van der Waals surface area contributed by atoms with Gasteiger partial charge < -0.3 is 9.80 Å². The predicted octanol–water partition coefficient (Wildman–Crippen LogP) is 2.55. The lowest BCUT2D eigenvalue weighted by Crippen LogP contribution is -2.47. The summed E-state index contributed by atoms with van der Waals surface area (Å²) in [6.45, 7) is 12.9. The summed E-state index contributed by atoms with van der Waals surface area (Å²) >= 11 is 0. The molecule has 0 spiro atoms. The highest BCUT2D eigenvalue weighted by molar-refractivity contribution is 5.84. The zero-order chi connectivity index (χ0) is 16.2. The molecular formula is C17H35N3O. The van der Waals surface area contributed by atoms with Crippen molar-refractivity contribution in [3.05, 3.63) is 0 Å². The van der Waals surface area contributed by atoms with Crippen LogP contribution in [0.4, 0.5) is 0 Å². The van der Waals surface area contributed by atoms with Crippen LogP contribution in [-0.2, 0) is 4.79 Å². The second kappa shape index (κ2) is 7.59. The van der Waals surface area contributed by atoms with Crippen LogP contribution in [0.25, 0.3) is 0 Å². The average molecular weight is 297 g/mol. The number of amides is 1. The molecule has 124 valence electrons. The number of carbonyl (C=O) groups excluding carboxylic acids is 1. The average Bonchev–Trinajstić information content (AvgIpc) is 2.62. The Bertz CT molecular complexity index is 339. The number of rotatable bonds is 8. The van der Waals surface area contributed by atoms with Crippen LogP contribution >= 0.6 is 0 Å². The van der Waals surface area contributed by atoms with E-state index in [0.717, 1.165) is 32.4 Å². The Kier molecular flexibility index (Phi) is 6.67. The molecule has 4 heteroatoms. The first-order valence-electron chi connectivity index (χ1n) is 8.39. The van der Waals surface area contributed by atoms with Crippen LogP contribution in [0.15, 0.2) is 0 Å². The zero-order valence-corrected chi connectivity index (χ0v) is 15.1. The molecule has 0 aromatic carbocycles. The fraction of sp³-hybridized carbons (Fsp3) is 0.941. The van der Waals surface area contributed by atoms with Gasteiger partial charge in [0.15, 0.2) is 0 Å². The Morgan fingerprint density at radius 2 is 1.95 bits per heavy atom. The molecule has 1 fully saturated rings. The lowest BCUT2D eigenvalue weighted by molar-refractivity contribution is -0.132. The molecule has 1 aliphatic rings. The standard InChI is InChI=1S/C17H35N3O/c1-8-9-10-14-16(21)20(15(18-14)13(2)3)12-17(4,5)11-19(6)7/h13-15,18H,8-12H2,1-7H3. The van der Waals surface area contributed by atoms with Crippen molar-refractivity contribution >= 4 is 5.91 Å². The van der Waals surface area contributed by atoms with Crippen molar-refractivity contribution in [1.29, 1.82) is 0 Å². The first kappa shape index (κ1) is 18.4. The van der Waals surface area contributed by atoms with Gasteiger partial charge in [-0.1, -0.05) is 47.5 Å². The number of hydrogen-bond donors (Lipinski definition) is 1. The van der Waals surface area contributed by atoms with E-state index < -0.39 is 0 Å². The highest BCUT2D eigenvalue weighted by Crippen LogP contribution is 2.26. The molecule has 21 heavy (non-hydrogen) atoms. The SMILES string of the molecule is CCCCC1NC(C(C)C)N(CC(C)(C)CN(C)C)C1=O. The Balaban J connectivity index is 2.78. The summed E-state index contributed by atoms with van der Waals surface area (Å²) in [7, 11) is 4.19. The first-order valence-corrected chi connectivity index (χ1v) is 8.39. The van der Waals surface area contributed by atoms with E-state index in [2.05, 4.69) is 63.8 Å². The zero-order valence-electron chi connectivity index (χ0n) is 15.1. The van der Waals surface area contributed by atoms with Crippen molar-refractivity contribution in [2.75, 3.05) is 27.2 Å². The maximum atomic E-state index is 12.7. The molecule has 0 bridgehead atoms. The van der Waals surface area contributed by atoms with Gasteiger partial charge in [0, 0.05) is 13.1 Å². The molecule has 0 aliphatic carbocycles. The smallest absolute Gasteiger partial charge is 0.241 e. The summed E-state index contributed by atoms with van der Waals surface area (Å²) in [4.78, 5) is 17.0. The van der Waals surface area contributed by atoms with Crippen LogP contribution < -0.4 is 5.32 Å². The van der Waals surface area contributed by atoms with E-state index in [1.807, 2.05) is 0 Å². The summed E-state index contributed by atoms with van der Waals surface area (Å²) in [5, 5.41) is 3.56. The molecule has 2 atom stereocenters. The molecule has 1 heterocycles. The van der Waals surface area contributed by atoms with Crippen LogP contribution in [0.2, 0.25) is 0 Å². The van der Waals surface area contributed by atoms with Gasteiger partial charge in [0.2, 0.25) is 5.91 Å². The van der Waals surface area contributed by atoms with Gasteiger partial charge in [-0.05, 0) is 31.8 Å². The first-order chi connectivity index (χ1) is 9.68. The summed E-state index contributed by atoms with van der Waals surface area (Å²) in [5.74, 6) is 0.740. The molecule has 1 N–H and O–H groups in total. The summed E-state index contributed by atoms with van der Waals surface area (Å²) < 4.78 is 0. The summed E-state index contributed by atoms with van der Waals surface area (Å²) in [6, 6.07) is 0.0208. The number of unbranched alkanes of at least 4 members (excludes halogenated alkanes) is 1. The van der Waals surface area contributed by atoms with Crippen molar-refractivity contribution in [3.8, 4) is 0 Å². The van der Waals surface area contributed by atoms with Crippen molar-refractivity contribution in [1.82, 2.24) is 15.1 Å². The van der Waals surface area contributed by atoms with Crippen molar-refractivity contribution in [3.63, 3.8) is 0 Å². The molecule has 0 aromatic heterocycles. The van der Waals surface area contributed by atoms with E-state index in [0.29, 0.717) is 11.8 Å². The van der Waals surface area contributed by atoms with Gasteiger partial charge in [-0.2, -0.15) is 0 Å². The van der Waals surface area contributed by atoms with Crippen LogP contribution in [-0.4, -0.2) is 55.1 Å². The topological polar surface area (TPSA) is 35.6 Å². The molecular weight excluding hydrogens is 262 g/mol. The van der Waals surface area contributed by atoms with Gasteiger partial charge >= 0.3 is 0 Å². The minimum Gasteiger partial charge on any atom is -0.325 e. The number of nitrogens with one attached hydrogen (secondary N) is 1. The summed E-state index contributed by atoms with van der Waals surface area (Å²) in [6.07, 6.45) is 3.40. The van der Waals surface area contributed by atoms with E-state index in [-0.39, 0.29) is 17.6 Å². The molecule has 4 nitrogen and oxygen atoms in total. The number of nitrogens with zero attached hydrogens (tertiary/aromatic N) is 2. The lowest BCUT2D eigenvalue weighted by atomic mass is 9.91. The number of carbonyl (C=O) groups is 1. The quantitative estimate of drug-likeness (QED) is 0.748. The van der Waals surface area contributed by atoms with Crippen LogP contribution in [0, 0.1) is 11.3 Å². The largest absolute Gasteiger partial charge is 0.325 e. The summed E-state index contributed by atoms with van der Waals surface area (Å²) in [5.41, 5.74) is 0.105. The third-order valence-corrected chi connectivity index (χ3v) is 4.11. The number of hydrogen-bond acceptors (Lipinski definition) is 3. The normalized spacial score (nSPS) is 23.7. The fourth-order valence-corrected chi connectivity index (χ4v) is 3.42. The second-order valence-electron chi connectivity index (χ2n) is 7.92. The minimum atomic E-state index is 0.0208. The second-order valence-corrected chi connectivity index (χ2v) is 7.92. The molecule has 2 unspecified atom stereocenters. The fourth-order valence-electron chi connectivity index (χ4n) is 3.42. The predicted molar refractivity (Wildman–Crippen MR) is 89.1 cm³/mol. The molecule has 1 aliphatic heterocycles. The van der Waals surface area contributed by atoms with E-state index >= 15 is 0 Å². The van der Waals surface area contributed by atoms with Crippen molar-refractivity contribution in [2.24, 2.45) is 11.3 Å². The van der Waals surface area contributed by atoms with Gasteiger partial charge in [0.05, 0.1) is 12.2 Å². The lowest BCUT2D eigenvalue weighted by Gasteiger charge is -2.36. The third kappa shape index (κ3) is 5.26. The Labute approximate surface area is 131 Å². The highest BCUT2D eigenvalue weighted by atomic mass is 16.2. The Morgan fingerprint density at radius 1 is 1.33 bits per heavy atom. The molecule has 1 rings (SSSR count). The van der Waals surface area contributed by atoms with E-state index in [1.165, 1.54) is 0 Å². The van der Waals surface area contributed by atoms with Gasteiger partial charge in [-0.15, -0.1) is 0 Å². The van der Waals surface area contributed by atoms with E-state index in [4.69, 9.17) is 0 Å². The van der Waals surface area contributed by atoms with Gasteiger partial charge in [0.25, 0.3) is 0 Å². The van der Waals surface area contributed by atoms with Gasteiger partial charge in [-0.3, -0.25) is 10.1 Å². The Hall–Kier alpha value is -0.610. The van der Waals surface area contributed by atoms with Gasteiger partial charge in [0.1, 0.15) is 0 Å². The van der Waals surface area contributed by atoms with Crippen molar-refractivity contribution < 1.29 is 4.79 Å². The minimum absolute atomic E-state index is 0.0208. The van der Waals surface area contributed by atoms with E-state index in [1.54, 1.807) is 0 Å². The van der Waals surface area contributed by atoms with Crippen molar-refractivity contribution in [2.45, 2.75) is 66.1 Å². The van der Waals surface area contributed by atoms with Crippen LogP contribution in [0.3, 0.4) is 0 Å². The maximum Gasteiger partial charge on any atom is 0.241 e. The molecule has 1 saturated heterocycles. The van der Waals surface area contributed by atoms with Crippen LogP contribution in [0.5, 0.6) is 0 Å². The Morgan fingerprint density at radius 3 is 2.43 bits per heavy atom. The van der Waals surface area contributed by atoms with Crippen LogP contribution in [0.1, 0.15) is 53.9 Å².